The Morgan fingerprint density at radius 2 is 1.77 bits per heavy atom. The summed E-state index contributed by atoms with van der Waals surface area (Å²) in [7, 11) is -3.22. The maximum atomic E-state index is 12.1. The van der Waals surface area contributed by atoms with E-state index >= 15 is 0 Å². The zero-order valence-corrected chi connectivity index (χ0v) is 16.3. The molecule has 1 N–H and O–H groups in total. The highest BCUT2D eigenvalue weighted by atomic mass is 32.2. The van der Waals surface area contributed by atoms with Gasteiger partial charge in [0.15, 0.2) is 6.61 Å². The molecule has 0 radical (unpaired) electrons. The highest BCUT2D eigenvalue weighted by Gasteiger charge is 2.31. The van der Waals surface area contributed by atoms with Crippen molar-refractivity contribution in [2.45, 2.75) is 33.6 Å². The van der Waals surface area contributed by atoms with E-state index in [-0.39, 0.29) is 24.2 Å². The lowest BCUT2D eigenvalue weighted by Crippen LogP contribution is -2.41. The van der Waals surface area contributed by atoms with Crippen LogP contribution in [0.5, 0.6) is 0 Å². The van der Waals surface area contributed by atoms with E-state index in [9.17, 15) is 18.0 Å². The molecule has 0 bridgehead atoms. The number of anilines is 1. The highest BCUT2D eigenvalue weighted by Crippen LogP contribution is 2.22. The summed E-state index contributed by atoms with van der Waals surface area (Å²) in [4.78, 5) is 24.2. The Kier molecular flexibility index (Phi) is 6.77. The lowest BCUT2D eigenvalue weighted by molar-refractivity contribution is -0.152. The summed E-state index contributed by atoms with van der Waals surface area (Å²) in [6.07, 6.45) is 0.827. The van der Waals surface area contributed by atoms with Gasteiger partial charge in [0.2, 0.25) is 10.0 Å². The molecule has 7 nitrogen and oxygen atoms in total. The standard InChI is InChI=1S/C18H26N2O5S/c1-4-26(23,24)20-10-8-15(9-11-20)18(22)25-12-16(21)19-17-13(2)6-5-7-14(17)3/h5-7,15H,4,8-12H2,1-3H3,(H,19,21). The van der Waals surface area contributed by atoms with Crippen LogP contribution in [0.2, 0.25) is 0 Å². The lowest BCUT2D eigenvalue weighted by atomic mass is 9.98. The number of nitrogens with zero attached hydrogens (tertiary/aromatic N) is 1. The Morgan fingerprint density at radius 3 is 2.31 bits per heavy atom. The predicted octanol–water partition coefficient (Wildman–Crippen LogP) is 1.85. The minimum atomic E-state index is -3.22. The van der Waals surface area contributed by atoms with Gasteiger partial charge >= 0.3 is 5.97 Å². The van der Waals surface area contributed by atoms with Crippen molar-refractivity contribution < 1.29 is 22.7 Å². The van der Waals surface area contributed by atoms with Crippen LogP contribution < -0.4 is 5.32 Å². The minimum Gasteiger partial charge on any atom is -0.455 e. The third-order valence-electron chi connectivity index (χ3n) is 4.64. The van der Waals surface area contributed by atoms with Gasteiger partial charge in [0.05, 0.1) is 11.7 Å². The van der Waals surface area contributed by atoms with Crippen LogP contribution in [0.3, 0.4) is 0 Å². The predicted molar refractivity (Wildman–Crippen MR) is 99.3 cm³/mol. The summed E-state index contributed by atoms with van der Waals surface area (Å²) in [6.45, 7) is 5.67. The van der Waals surface area contributed by atoms with Gasteiger partial charge in [0, 0.05) is 18.8 Å². The first kappa shape index (κ1) is 20.4. The van der Waals surface area contributed by atoms with Crippen molar-refractivity contribution in [3.05, 3.63) is 29.3 Å². The van der Waals surface area contributed by atoms with Crippen LogP contribution in [0.4, 0.5) is 5.69 Å². The van der Waals surface area contributed by atoms with Crippen LogP contribution in [0.1, 0.15) is 30.9 Å². The Labute approximate surface area is 154 Å². The lowest BCUT2D eigenvalue weighted by Gasteiger charge is -2.29. The fourth-order valence-corrected chi connectivity index (χ4v) is 4.13. The van der Waals surface area contributed by atoms with Crippen LogP contribution in [0.25, 0.3) is 0 Å². The number of carbonyl (C=O) groups is 2. The molecule has 144 valence electrons. The first-order valence-corrected chi connectivity index (χ1v) is 10.4. The molecule has 1 aromatic carbocycles. The minimum absolute atomic E-state index is 0.0562. The second kappa shape index (κ2) is 8.64. The summed E-state index contributed by atoms with van der Waals surface area (Å²) < 4.78 is 30.2. The molecule has 0 unspecified atom stereocenters. The molecular formula is C18H26N2O5S. The van der Waals surface area contributed by atoms with Crippen molar-refractivity contribution in [2.24, 2.45) is 5.92 Å². The summed E-state index contributed by atoms with van der Waals surface area (Å²) in [5.74, 6) is -1.15. The molecule has 2 rings (SSSR count). The summed E-state index contributed by atoms with van der Waals surface area (Å²) >= 11 is 0. The SMILES string of the molecule is CCS(=O)(=O)N1CCC(C(=O)OCC(=O)Nc2c(C)cccc2C)CC1. The number of ether oxygens (including phenoxy) is 1. The van der Waals surface area contributed by atoms with Gasteiger partial charge in [-0.25, -0.2) is 12.7 Å². The fourth-order valence-electron chi connectivity index (χ4n) is 2.99. The van der Waals surface area contributed by atoms with E-state index in [1.807, 2.05) is 32.0 Å². The monoisotopic (exact) mass is 382 g/mol. The molecule has 8 heteroatoms. The van der Waals surface area contributed by atoms with Crippen molar-refractivity contribution in [3.8, 4) is 0 Å². The molecule has 0 aromatic heterocycles. The van der Waals surface area contributed by atoms with Gasteiger partial charge in [0.1, 0.15) is 0 Å². The second-order valence-corrected chi connectivity index (χ2v) is 8.75. The van der Waals surface area contributed by atoms with Gasteiger partial charge in [-0.3, -0.25) is 9.59 Å². The molecule has 1 fully saturated rings. The number of rotatable bonds is 6. The average Bonchev–Trinajstić information content (AvgIpc) is 2.63. The van der Waals surface area contributed by atoms with Crippen LogP contribution in [0.15, 0.2) is 18.2 Å². The van der Waals surface area contributed by atoms with Crippen molar-refractivity contribution in [1.29, 1.82) is 0 Å². The maximum absolute atomic E-state index is 12.1. The van der Waals surface area contributed by atoms with E-state index in [4.69, 9.17) is 4.74 Å². The Morgan fingerprint density at radius 1 is 1.19 bits per heavy atom. The number of benzene rings is 1. The Hall–Kier alpha value is -1.93. The maximum Gasteiger partial charge on any atom is 0.309 e. The smallest absolute Gasteiger partial charge is 0.309 e. The number of nitrogens with one attached hydrogen (secondary N) is 1. The molecule has 0 atom stereocenters. The van der Waals surface area contributed by atoms with Crippen LogP contribution in [-0.2, 0) is 24.3 Å². The van der Waals surface area contributed by atoms with E-state index in [0.717, 1.165) is 16.8 Å². The highest BCUT2D eigenvalue weighted by molar-refractivity contribution is 7.89. The van der Waals surface area contributed by atoms with Crippen LogP contribution >= 0.6 is 0 Å². The largest absolute Gasteiger partial charge is 0.455 e. The van der Waals surface area contributed by atoms with Gasteiger partial charge in [-0.15, -0.1) is 0 Å². The number of sulfonamides is 1. The number of para-hydroxylation sites is 1. The molecule has 0 aliphatic carbocycles. The number of carbonyl (C=O) groups excluding carboxylic acids is 2. The first-order chi connectivity index (χ1) is 12.2. The molecule has 1 aliphatic rings. The first-order valence-electron chi connectivity index (χ1n) is 8.75. The quantitative estimate of drug-likeness (QED) is 0.758. The van der Waals surface area contributed by atoms with E-state index < -0.39 is 16.0 Å². The summed E-state index contributed by atoms with van der Waals surface area (Å²) in [5, 5.41) is 2.77. The van der Waals surface area contributed by atoms with Gasteiger partial charge in [-0.05, 0) is 44.7 Å². The number of hydrogen-bond donors (Lipinski definition) is 1. The molecule has 0 saturated carbocycles. The molecule has 1 heterocycles. The average molecular weight is 382 g/mol. The third-order valence-corrected chi connectivity index (χ3v) is 6.52. The van der Waals surface area contributed by atoms with Crippen molar-refractivity contribution in [2.75, 3.05) is 30.8 Å². The fraction of sp³-hybridized carbons (Fsp3) is 0.556. The molecule has 1 aliphatic heterocycles. The molecular weight excluding hydrogens is 356 g/mol. The van der Waals surface area contributed by atoms with E-state index in [0.29, 0.717) is 25.9 Å². The number of aryl methyl sites for hydroxylation is 2. The van der Waals surface area contributed by atoms with Crippen molar-refractivity contribution in [1.82, 2.24) is 4.31 Å². The van der Waals surface area contributed by atoms with Gasteiger partial charge in [-0.1, -0.05) is 18.2 Å². The van der Waals surface area contributed by atoms with E-state index in [2.05, 4.69) is 5.32 Å². The number of esters is 1. The summed E-state index contributed by atoms with van der Waals surface area (Å²) in [6, 6.07) is 5.70. The van der Waals surface area contributed by atoms with Gasteiger partial charge in [0.25, 0.3) is 5.91 Å². The van der Waals surface area contributed by atoms with Crippen molar-refractivity contribution >= 4 is 27.6 Å². The molecule has 1 saturated heterocycles. The topological polar surface area (TPSA) is 92.8 Å². The van der Waals surface area contributed by atoms with Gasteiger partial charge in [-0.2, -0.15) is 0 Å². The zero-order valence-electron chi connectivity index (χ0n) is 15.4. The molecule has 26 heavy (non-hydrogen) atoms. The summed E-state index contributed by atoms with van der Waals surface area (Å²) in [5.41, 5.74) is 2.61. The van der Waals surface area contributed by atoms with Crippen LogP contribution in [-0.4, -0.2) is 50.0 Å². The molecule has 1 amide bonds. The number of hydrogen-bond acceptors (Lipinski definition) is 5. The zero-order chi connectivity index (χ0) is 19.3. The van der Waals surface area contributed by atoms with Gasteiger partial charge < -0.3 is 10.1 Å². The van der Waals surface area contributed by atoms with Crippen LogP contribution in [0, 0.1) is 19.8 Å². The molecule has 1 aromatic rings. The number of amides is 1. The van der Waals surface area contributed by atoms with E-state index in [1.54, 1.807) is 6.92 Å². The Balaban J connectivity index is 1.81. The van der Waals surface area contributed by atoms with Crippen molar-refractivity contribution in [3.63, 3.8) is 0 Å². The number of piperidine rings is 1. The Bertz CT molecular complexity index is 748. The normalized spacial score (nSPS) is 16.3. The molecule has 0 spiro atoms. The third kappa shape index (κ3) is 5.04. The second-order valence-electron chi connectivity index (χ2n) is 6.50. The van der Waals surface area contributed by atoms with E-state index in [1.165, 1.54) is 4.31 Å².